The normalized spacial score (nSPS) is 12.7. The lowest BCUT2D eigenvalue weighted by atomic mass is 10.0. The highest BCUT2D eigenvalue weighted by Gasteiger charge is 2.02. The van der Waals surface area contributed by atoms with Gasteiger partial charge in [-0.25, -0.2) is 4.79 Å². The summed E-state index contributed by atoms with van der Waals surface area (Å²) in [6, 6.07) is 0. The topological polar surface area (TPSA) is 57.5 Å². The van der Waals surface area contributed by atoms with E-state index in [4.69, 9.17) is 5.11 Å². The Hall–Kier alpha value is -0.830. The van der Waals surface area contributed by atoms with Gasteiger partial charge in [-0.1, -0.05) is 122 Å². The van der Waals surface area contributed by atoms with Crippen molar-refractivity contribution in [3.8, 4) is 0 Å². The first-order valence-corrected chi connectivity index (χ1v) is 11.7. The van der Waals surface area contributed by atoms with E-state index in [0.29, 0.717) is 6.42 Å². The Morgan fingerprint density at radius 3 is 1.44 bits per heavy atom. The van der Waals surface area contributed by atoms with Gasteiger partial charge in [0.2, 0.25) is 0 Å². The molecule has 0 bridgehead atoms. The van der Waals surface area contributed by atoms with Crippen LogP contribution < -0.4 is 0 Å². The maximum atomic E-state index is 10.3. The Bertz CT molecular complexity index is 339. The van der Waals surface area contributed by atoms with Gasteiger partial charge >= 0.3 is 5.97 Å². The fourth-order valence-corrected chi connectivity index (χ4v) is 3.55. The summed E-state index contributed by atoms with van der Waals surface area (Å²) in [7, 11) is 0. The number of hydrogen-bond donors (Lipinski definition) is 2. The lowest BCUT2D eigenvalue weighted by molar-refractivity contribution is -0.131. The van der Waals surface area contributed by atoms with E-state index in [2.05, 4.69) is 6.92 Å². The number of aliphatic hydroxyl groups is 1. The fourth-order valence-electron chi connectivity index (χ4n) is 3.55. The minimum atomic E-state index is -0.944. The first-order chi connectivity index (χ1) is 13.2. The van der Waals surface area contributed by atoms with Crippen LogP contribution in [0.15, 0.2) is 12.2 Å². The number of carbonyl (C=O) groups is 1. The molecule has 1 atom stereocenters. The third-order valence-electron chi connectivity index (χ3n) is 5.31. The van der Waals surface area contributed by atoms with Crippen molar-refractivity contribution < 1.29 is 15.0 Å². The first kappa shape index (κ1) is 26.2. The van der Waals surface area contributed by atoms with Gasteiger partial charge in [-0.15, -0.1) is 0 Å². The van der Waals surface area contributed by atoms with Gasteiger partial charge in [-0.3, -0.25) is 0 Å². The van der Waals surface area contributed by atoms with Crippen LogP contribution in [0.5, 0.6) is 0 Å². The van der Waals surface area contributed by atoms with Gasteiger partial charge in [0.15, 0.2) is 0 Å². The maximum absolute atomic E-state index is 10.3. The third kappa shape index (κ3) is 23.1. The largest absolute Gasteiger partial charge is 0.478 e. The predicted molar refractivity (Wildman–Crippen MR) is 116 cm³/mol. The van der Waals surface area contributed by atoms with E-state index in [9.17, 15) is 9.90 Å². The number of carboxylic acid groups (broad SMARTS) is 1. The minimum absolute atomic E-state index is 0.392. The van der Waals surface area contributed by atoms with Crippen molar-refractivity contribution in [1.82, 2.24) is 0 Å². The summed E-state index contributed by atoms with van der Waals surface area (Å²) < 4.78 is 0. The molecule has 27 heavy (non-hydrogen) atoms. The molecule has 160 valence electrons. The number of unbranched alkanes of at least 4 members (excludes halogenated alkanes) is 16. The summed E-state index contributed by atoms with van der Waals surface area (Å²) in [4.78, 5) is 10.3. The zero-order chi connectivity index (χ0) is 20.0. The Kier molecular flexibility index (Phi) is 20.8. The van der Waals surface area contributed by atoms with Crippen LogP contribution in [-0.4, -0.2) is 22.3 Å². The second-order valence-corrected chi connectivity index (χ2v) is 8.08. The van der Waals surface area contributed by atoms with Crippen molar-refractivity contribution in [3.05, 3.63) is 12.2 Å². The summed E-state index contributed by atoms with van der Waals surface area (Å²) in [5.74, 6) is -0.944. The third-order valence-corrected chi connectivity index (χ3v) is 5.31. The Labute approximate surface area is 168 Å². The molecule has 3 heteroatoms. The molecule has 0 saturated carbocycles. The molecule has 3 nitrogen and oxygen atoms in total. The zero-order valence-corrected chi connectivity index (χ0v) is 18.0. The second-order valence-electron chi connectivity index (χ2n) is 8.08. The van der Waals surface area contributed by atoms with Crippen LogP contribution in [0.1, 0.15) is 129 Å². The molecule has 0 heterocycles. The van der Waals surface area contributed by atoms with Gasteiger partial charge in [0.05, 0.1) is 6.10 Å². The standard InChI is InChI=1S/C24H46O3/c1-2-3-4-5-6-7-8-9-10-11-12-13-14-15-16-17-18-20-23(25)21-19-22-24(26)27/h19,22-23,25H,2-18,20-21H2,1H3,(H,26,27). The maximum Gasteiger partial charge on any atom is 0.327 e. The Morgan fingerprint density at radius 1 is 0.704 bits per heavy atom. The van der Waals surface area contributed by atoms with Crippen LogP contribution in [0.4, 0.5) is 0 Å². The van der Waals surface area contributed by atoms with E-state index in [-0.39, 0.29) is 0 Å². The smallest absolute Gasteiger partial charge is 0.327 e. The predicted octanol–water partition coefficient (Wildman–Crippen LogP) is 7.42. The van der Waals surface area contributed by atoms with Gasteiger partial charge < -0.3 is 10.2 Å². The molecule has 0 fully saturated rings. The van der Waals surface area contributed by atoms with Gasteiger partial charge in [0, 0.05) is 6.08 Å². The minimum Gasteiger partial charge on any atom is -0.478 e. The number of carboxylic acids is 1. The van der Waals surface area contributed by atoms with E-state index in [1.54, 1.807) is 6.08 Å². The number of rotatable bonds is 21. The quantitative estimate of drug-likeness (QED) is 0.160. The van der Waals surface area contributed by atoms with Crippen molar-refractivity contribution in [1.29, 1.82) is 0 Å². The fraction of sp³-hybridized carbons (Fsp3) is 0.875. The van der Waals surface area contributed by atoms with Gasteiger partial charge in [0.25, 0.3) is 0 Å². The van der Waals surface area contributed by atoms with Gasteiger partial charge in [-0.05, 0) is 12.8 Å². The molecule has 0 aromatic carbocycles. The second kappa shape index (κ2) is 21.5. The molecule has 2 N–H and O–H groups in total. The van der Waals surface area contributed by atoms with Crippen LogP contribution in [0.3, 0.4) is 0 Å². The number of aliphatic carboxylic acids is 1. The molecule has 0 amide bonds. The summed E-state index contributed by atoms with van der Waals surface area (Å²) in [5, 5.41) is 18.2. The molecule has 0 rings (SSSR count). The highest BCUT2D eigenvalue weighted by Crippen LogP contribution is 2.15. The average Bonchev–Trinajstić information content (AvgIpc) is 2.64. The van der Waals surface area contributed by atoms with Crippen molar-refractivity contribution >= 4 is 5.97 Å². The average molecular weight is 383 g/mol. The van der Waals surface area contributed by atoms with E-state index in [0.717, 1.165) is 18.9 Å². The molecule has 0 radical (unpaired) electrons. The molecule has 0 spiro atoms. The van der Waals surface area contributed by atoms with Crippen molar-refractivity contribution in [2.45, 2.75) is 135 Å². The first-order valence-electron chi connectivity index (χ1n) is 11.7. The van der Waals surface area contributed by atoms with Crippen LogP contribution in [0.25, 0.3) is 0 Å². The van der Waals surface area contributed by atoms with Crippen LogP contribution in [0, 0.1) is 0 Å². The lowest BCUT2D eigenvalue weighted by Gasteiger charge is -2.07. The highest BCUT2D eigenvalue weighted by molar-refractivity contribution is 5.79. The van der Waals surface area contributed by atoms with Crippen LogP contribution in [-0.2, 0) is 4.79 Å². The molecule has 0 aliphatic carbocycles. The zero-order valence-electron chi connectivity index (χ0n) is 18.0. The number of aliphatic hydroxyl groups excluding tert-OH is 1. The summed E-state index contributed by atoms with van der Waals surface area (Å²) in [6.45, 7) is 2.28. The van der Waals surface area contributed by atoms with E-state index < -0.39 is 12.1 Å². The van der Waals surface area contributed by atoms with Crippen LogP contribution >= 0.6 is 0 Å². The lowest BCUT2D eigenvalue weighted by Crippen LogP contribution is -2.04. The summed E-state index contributed by atoms with van der Waals surface area (Å²) in [5.41, 5.74) is 0. The van der Waals surface area contributed by atoms with Gasteiger partial charge in [-0.2, -0.15) is 0 Å². The molecule has 0 saturated heterocycles. The molecule has 0 aromatic rings. The molecule has 1 unspecified atom stereocenters. The molecule has 0 aliphatic heterocycles. The Balaban J connectivity index is 3.13. The SMILES string of the molecule is CCCCCCCCCCCCCCCCCCCC(O)CC=CC(=O)O. The van der Waals surface area contributed by atoms with Gasteiger partial charge in [0.1, 0.15) is 0 Å². The van der Waals surface area contributed by atoms with Crippen LogP contribution in [0.2, 0.25) is 0 Å². The van der Waals surface area contributed by atoms with E-state index >= 15 is 0 Å². The summed E-state index contributed by atoms with van der Waals surface area (Å²) >= 11 is 0. The molecule has 0 aromatic heterocycles. The summed E-state index contributed by atoms with van der Waals surface area (Å²) in [6.07, 6.45) is 26.6. The van der Waals surface area contributed by atoms with E-state index in [1.807, 2.05) is 0 Å². The van der Waals surface area contributed by atoms with E-state index in [1.165, 1.54) is 103 Å². The molecular formula is C24H46O3. The van der Waals surface area contributed by atoms with Crippen molar-refractivity contribution in [2.75, 3.05) is 0 Å². The molecule has 0 aliphatic rings. The van der Waals surface area contributed by atoms with Crippen molar-refractivity contribution in [2.24, 2.45) is 0 Å². The Morgan fingerprint density at radius 2 is 1.07 bits per heavy atom. The van der Waals surface area contributed by atoms with Crippen molar-refractivity contribution in [3.63, 3.8) is 0 Å². The molecular weight excluding hydrogens is 336 g/mol. The number of hydrogen-bond acceptors (Lipinski definition) is 2. The highest BCUT2D eigenvalue weighted by atomic mass is 16.4. The monoisotopic (exact) mass is 382 g/mol.